The number of likely N-dealkylation sites (N-methyl/N-ethyl adjacent to an activating group) is 2. The van der Waals surface area contributed by atoms with E-state index >= 15 is 0 Å². The zero-order chi connectivity index (χ0) is 50.4. The van der Waals surface area contributed by atoms with Crippen molar-refractivity contribution < 1.29 is 43.0 Å². The number of aryl methyl sites for hydroxylation is 1. The summed E-state index contributed by atoms with van der Waals surface area (Å²) in [6, 6.07) is 10.4. The predicted molar refractivity (Wildman–Crippen MR) is 265 cm³/mol. The molecule has 0 saturated carbocycles. The summed E-state index contributed by atoms with van der Waals surface area (Å²) in [4.78, 5) is 83.9. The van der Waals surface area contributed by atoms with Gasteiger partial charge in [-0.2, -0.15) is 5.43 Å². The molecular formula is C50H70N9O9S+. The van der Waals surface area contributed by atoms with Crippen molar-refractivity contribution in [3.05, 3.63) is 76.5 Å². The first kappa shape index (κ1) is 51.1. The van der Waals surface area contributed by atoms with E-state index in [1.54, 1.807) is 62.4 Å². The number of carbonyl (C=O) groups is 4. The summed E-state index contributed by atoms with van der Waals surface area (Å²) in [5.74, 6) is -2.43. The SMILES string of the molecule is CCn1c(-c2cnccc2COC)c2c3cc(ccc31)-c1cc(O)cc(c1)C[C@H](NC(=O)[C@H](C(C)C)N(C)C(=O)CN(C)C(=O)C1CN1S(C)(C)(C)=O)C(=O)N1CCC[C@H](N1)[N+](=O)OCC(C)(C)C2. The van der Waals surface area contributed by atoms with Gasteiger partial charge in [-0.15, -0.1) is 0 Å². The molecule has 2 aromatic carbocycles. The molecule has 0 radical (unpaired) electrons. The van der Waals surface area contributed by atoms with Crippen molar-refractivity contribution in [3.63, 3.8) is 0 Å². The van der Waals surface area contributed by atoms with E-state index in [4.69, 9.17) is 9.57 Å². The van der Waals surface area contributed by atoms with E-state index in [1.807, 2.05) is 38.2 Å². The summed E-state index contributed by atoms with van der Waals surface area (Å²) < 4.78 is 22.6. The van der Waals surface area contributed by atoms with Gasteiger partial charge in [0.1, 0.15) is 23.9 Å². The predicted octanol–water partition coefficient (Wildman–Crippen LogP) is 4.27. The second-order valence-electron chi connectivity index (χ2n) is 20.9. The molecule has 5 heterocycles. The quantitative estimate of drug-likeness (QED) is 0.172. The number of benzene rings is 2. The van der Waals surface area contributed by atoms with E-state index in [1.165, 1.54) is 28.9 Å². The van der Waals surface area contributed by atoms with Gasteiger partial charge in [-0.1, -0.05) is 49.1 Å². The Morgan fingerprint density at radius 1 is 1.10 bits per heavy atom. The molecule has 3 aliphatic heterocycles. The maximum Gasteiger partial charge on any atom is 0.326 e. The van der Waals surface area contributed by atoms with Crippen LogP contribution >= 0.6 is 0 Å². The highest BCUT2D eigenvalue weighted by Gasteiger charge is 2.51. The van der Waals surface area contributed by atoms with Gasteiger partial charge in [-0.05, 0) is 83.8 Å². The van der Waals surface area contributed by atoms with Crippen LogP contribution in [0, 0.1) is 16.2 Å². The Labute approximate surface area is 404 Å². The fourth-order valence-corrected chi connectivity index (χ4v) is 11.5. The molecule has 18 nitrogen and oxygen atoms in total. The molecule has 0 spiro atoms. The molecule has 4 amide bonds. The van der Waals surface area contributed by atoms with Crippen LogP contribution in [0.4, 0.5) is 0 Å². The van der Waals surface area contributed by atoms with E-state index in [-0.39, 0.29) is 37.8 Å². The van der Waals surface area contributed by atoms with Crippen LogP contribution in [0.15, 0.2) is 54.9 Å². The first-order valence-electron chi connectivity index (χ1n) is 23.6. The number of hydrogen-bond donors (Lipinski definition) is 3. The lowest BCUT2D eigenvalue weighted by molar-refractivity contribution is -0.835. The molecular weight excluding hydrogens is 903 g/mol. The Kier molecular flexibility index (Phi) is 14.5. The van der Waals surface area contributed by atoms with Gasteiger partial charge in [0.25, 0.3) is 5.91 Å². The standard InChI is InChI=1S/C50H69N9O9S/c1-12-56-41-16-15-33-24-37(41)38(46(56)39-26-51-18-17-34(39)29-67-8)25-50(4,5)30-68-59(65)43-14-13-19-57(53-43)48(63)40(22-32-20-35(33)23-36(60)21-32)52-47(62)45(31(2)3)55(7)44(61)28-54(6)49(64)42-27-58(42)69(9,10,11)66/h15-18,20-21,23-24,26,31,40,42-43,45,53H,12-14,19,22,25,27-30H2,1-11H3,(H-,52,60,62)/p+1/t40-,42?,43+,45-,58?/m0/s1. The Balaban J connectivity index is 1.25. The lowest BCUT2D eigenvalue weighted by Gasteiger charge is -2.35. The summed E-state index contributed by atoms with van der Waals surface area (Å²) >= 11 is 0. The van der Waals surface area contributed by atoms with Gasteiger partial charge in [0, 0.05) is 107 Å². The zero-order valence-electron chi connectivity index (χ0n) is 41.9. The van der Waals surface area contributed by atoms with Crippen LogP contribution in [0.5, 0.6) is 5.75 Å². The van der Waals surface area contributed by atoms with Crippen molar-refractivity contribution >= 4 is 43.8 Å². The second-order valence-corrected chi connectivity index (χ2v) is 26.1. The van der Waals surface area contributed by atoms with Crippen LogP contribution in [-0.2, 0) is 64.0 Å². The number of hydrazine groups is 1. The van der Waals surface area contributed by atoms with Crippen molar-refractivity contribution in [3.8, 4) is 28.1 Å². The van der Waals surface area contributed by atoms with Gasteiger partial charge in [0.15, 0.2) is 6.61 Å². The van der Waals surface area contributed by atoms with Crippen molar-refractivity contribution in [1.29, 1.82) is 0 Å². The van der Waals surface area contributed by atoms with E-state index in [0.29, 0.717) is 55.0 Å². The third-order valence-corrected chi connectivity index (χ3v) is 15.4. The number of rotatable bonds is 12. The molecule has 5 atom stereocenters. The molecule has 3 aliphatic rings. The average Bonchev–Trinajstić information content (AvgIpc) is 4.06. The first-order valence-corrected chi connectivity index (χ1v) is 26.8. The molecule has 6 bridgehead atoms. The number of phenols is 1. The summed E-state index contributed by atoms with van der Waals surface area (Å²) in [5, 5.41) is 16.6. The largest absolute Gasteiger partial charge is 0.508 e. The van der Waals surface area contributed by atoms with Crippen LogP contribution in [0.2, 0.25) is 0 Å². The smallest absolute Gasteiger partial charge is 0.326 e. The van der Waals surface area contributed by atoms with E-state index in [0.717, 1.165) is 38.9 Å². The molecule has 7 rings (SSSR count). The van der Waals surface area contributed by atoms with Gasteiger partial charge in [0.2, 0.25) is 22.6 Å². The van der Waals surface area contributed by atoms with Crippen molar-refractivity contribution in [1.82, 2.24) is 39.4 Å². The highest BCUT2D eigenvalue weighted by Crippen LogP contribution is 2.42. The highest BCUT2D eigenvalue weighted by atomic mass is 32.3. The summed E-state index contributed by atoms with van der Waals surface area (Å²) in [7, 11) is 1.51. The van der Waals surface area contributed by atoms with Gasteiger partial charge in [0.05, 0.1) is 23.8 Å². The Hall–Kier alpha value is -5.76. The molecule has 4 aromatic rings. The van der Waals surface area contributed by atoms with Crippen LogP contribution < -0.4 is 10.7 Å². The minimum atomic E-state index is -3.14. The van der Waals surface area contributed by atoms with Gasteiger partial charge in [-0.3, -0.25) is 33.4 Å². The van der Waals surface area contributed by atoms with Crippen LogP contribution in [0.1, 0.15) is 64.2 Å². The van der Waals surface area contributed by atoms with Crippen molar-refractivity contribution in [2.75, 3.05) is 66.2 Å². The fraction of sp³-hybridized carbons (Fsp3) is 0.540. The number of hydrogen-bond acceptors (Lipinski definition) is 11. The molecule has 2 unspecified atom stereocenters. The van der Waals surface area contributed by atoms with Gasteiger partial charge in [-0.25, -0.2) is 9.14 Å². The number of aromatic nitrogens is 2. The van der Waals surface area contributed by atoms with Crippen molar-refractivity contribution in [2.24, 2.45) is 11.3 Å². The molecule has 2 aromatic heterocycles. The van der Waals surface area contributed by atoms with Crippen LogP contribution in [-0.4, -0.2) is 157 Å². The Morgan fingerprint density at radius 3 is 2.51 bits per heavy atom. The second kappa shape index (κ2) is 19.6. The monoisotopic (exact) mass is 973 g/mol. The molecule has 19 heteroatoms. The lowest BCUT2D eigenvalue weighted by atomic mass is 9.84. The van der Waals surface area contributed by atoms with E-state index in [9.17, 15) is 33.4 Å². The van der Waals surface area contributed by atoms with Gasteiger partial charge >= 0.3 is 6.17 Å². The minimum Gasteiger partial charge on any atom is -0.508 e. The molecule has 374 valence electrons. The Morgan fingerprint density at radius 2 is 1.84 bits per heavy atom. The summed E-state index contributed by atoms with van der Waals surface area (Å²) in [6.07, 6.45) is 8.84. The third kappa shape index (κ3) is 11.2. The number of amides is 4. The number of nitrogens with zero attached hydrogens (tertiary/aromatic N) is 7. The molecule has 2 fully saturated rings. The molecule has 2 saturated heterocycles. The molecule has 3 N–H and O–H groups in total. The van der Waals surface area contributed by atoms with E-state index < -0.39 is 62.6 Å². The summed E-state index contributed by atoms with van der Waals surface area (Å²) in [6.45, 7) is 11.1. The third-order valence-electron chi connectivity index (χ3n) is 13.3. The number of nitrogens with one attached hydrogen (secondary N) is 2. The Bertz CT molecular complexity index is 2720. The van der Waals surface area contributed by atoms with E-state index in [2.05, 4.69) is 39.4 Å². The molecule has 0 aliphatic carbocycles. The van der Waals surface area contributed by atoms with Crippen LogP contribution in [0.25, 0.3) is 33.3 Å². The topological polar surface area (TPSA) is 199 Å². The summed E-state index contributed by atoms with van der Waals surface area (Å²) in [5.41, 5.74) is 9.47. The van der Waals surface area contributed by atoms with Gasteiger partial charge < -0.3 is 29.5 Å². The molecule has 69 heavy (non-hydrogen) atoms. The first-order chi connectivity index (χ1) is 32.4. The van der Waals surface area contributed by atoms with Crippen LogP contribution in [0.3, 0.4) is 0 Å². The zero-order valence-corrected chi connectivity index (χ0v) is 42.7. The number of ether oxygens (including phenoxy) is 1. The number of fused-ring (bicyclic) bond motifs is 6. The number of carbonyl (C=O) groups excluding carboxylic acids is 4. The number of methoxy groups -OCH3 is 1. The normalized spacial score (nSPS) is 21.7. The average molecular weight is 973 g/mol. The maximum atomic E-state index is 14.7. The number of pyridine rings is 1. The number of phenolic OH excluding ortho intramolecular Hbond substituents is 1. The fourth-order valence-electron chi connectivity index (χ4n) is 9.85. The van der Waals surface area contributed by atoms with Crippen molar-refractivity contribution in [2.45, 2.75) is 97.7 Å². The lowest BCUT2D eigenvalue weighted by Crippen LogP contribution is -2.62. The minimum absolute atomic E-state index is 0.0364. The number of aromatic hydroxyl groups is 1. The maximum absolute atomic E-state index is 14.7. The highest BCUT2D eigenvalue weighted by molar-refractivity contribution is 8.16.